The summed E-state index contributed by atoms with van der Waals surface area (Å²) in [6.45, 7) is 7.62. The van der Waals surface area contributed by atoms with Crippen LogP contribution in [0.4, 0.5) is 5.69 Å². The third-order valence-electron chi connectivity index (χ3n) is 4.57. The van der Waals surface area contributed by atoms with E-state index in [4.69, 9.17) is 0 Å². The number of carbonyl (C=O) groups excluding carboxylic acids is 1. The molecular formula is C22H23N3O2. The quantitative estimate of drug-likeness (QED) is 0.763. The molecule has 3 aromatic rings. The van der Waals surface area contributed by atoms with Crippen LogP contribution in [0.2, 0.25) is 0 Å². The maximum absolute atomic E-state index is 12.8. The van der Waals surface area contributed by atoms with Gasteiger partial charge in [0.15, 0.2) is 0 Å². The van der Waals surface area contributed by atoms with E-state index in [2.05, 4.69) is 10.4 Å². The summed E-state index contributed by atoms with van der Waals surface area (Å²) in [5.74, 6) is -0.273. The number of hydrogen-bond donors (Lipinski definition) is 1. The number of aromatic nitrogens is 2. The van der Waals surface area contributed by atoms with E-state index in [0.717, 1.165) is 27.9 Å². The van der Waals surface area contributed by atoms with Crippen molar-refractivity contribution in [3.05, 3.63) is 81.6 Å². The molecule has 2 aromatic carbocycles. The fourth-order valence-corrected chi connectivity index (χ4v) is 3.18. The minimum absolute atomic E-state index is 0.273. The summed E-state index contributed by atoms with van der Waals surface area (Å²) < 4.78 is 1.23. The molecule has 0 aliphatic carbocycles. The summed E-state index contributed by atoms with van der Waals surface area (Å²) in [7, 11) is 0. The minimum Gasteiger partial charge on any atom is -0.324 e. The van der Waals surface area contributed by atoms with Crippen LogP contribution in [0.1, 0.15) is 29.7 Å². The normalized spacial score (nSPS) is 11.9. The summed E-state index contributed by atoms with van der Waals surface area (Å²) in [5.41, 5.74) is 5.14. The zero-order valence-electron chi connectivity index (χ0n) is 16.0. The Kier molecular flexibility index (Phi) is 5.21. The number of aryl methyl sites for hydroxylation is 3. The number of benzene rings is 2. The first-order valence-electron chi connectivity index (χ1n) is 8.91. The highest BCUT2D eigenvalue weighted by Crippen LogP contribution is 2.23. The standard InChI is InChI=1S/C22H23N3O2/c1-14-12-15(2)21(16(3)13-14)23-22(27)17(4)25-20(26)11-10-19(24-25)18-8-6-5-7-9-18/h5-13,17H,1-4H3,(H,23,27)/t17-/m0/s1. The topological polar surface area (TPSA) is 64.0 Å². The van der Waals surface area contributed by atoms with Crippen LogP contribution in [-0.2, 0) is 4.79 Å². The number of carbonyl (C=O) groups is 1. The number of nitrogens with one attached hydrogen (secondary N) is 1. The second-order valence-corrected chi connectivity index (χ2v) is 6.81. The van der Waals surface area contributed by atoms with E-state index in [1.54, 1.807) is 13.0 Å². The van der Waals surface area contributed by atoms with Crippen LogP contribution in [0, 0.1) is 20.8 Å². The molecule has 1 amide bonds. The average Bonchev–Trinajstić information content (AvgIpc) is 2.65. The second-order valence-electron chi connectivity index (χ2n) is 6.81. The molecule has 0 bridgehead atoms. The lowest BCUT2D eigenvalue weighted by atomic mass is 10.0. The molecule has 0 fully saturated rings. The maximum atomic E-state index is 12.8. The van der Waals surface area contributed by atoms with Crippen molar-refractivity contribution in [2.45, 2.75) is 33.7 Å². The van der Waals surface area contributed by atoms with E-state index < -0.39 is 6.04 Å². The first-order chi connectivity index (χ1) is 12.9. The van der Waals surface area contributed by atoms with Crippen LogP contribution in [0.25, 0.3) is 11.3 Å². The lowest BCUT2D eigenvalue weighted by Crippen LogP contribution is -2.33. The molecule has 1 atom stereocenters. The molecule has 0 saturated carbocycles. The van der Waals surface area contributed by atoms with Gasteiger partial charge < -0.3 is 5.32 Å². The molecule has 0 aliphatic heterocycles. The third kappa shape index (κ3) is 3.97. The van der Waals surface area contributed by atoms with E-state index in [1.165, 1.54) is 10.7 Å². The van der Waals surface area contributed by atoms with Crippen LogP contribution in [0.15, 0.2) is 59.4 Å². The lowest BCUT2D eigenvalue weighted by molar-refractivity contribution is -0.119. The Morgan fingerprint density at radius 3 is 2.26 bits per heavy atom. The minimum atomic E-state index is -0.735. The molecule has 1 N–H and O–H groups in total. The molecule has 27 heavy (non-hydrogen) atoms. The highest BCUT2D eigenvalue weighted by atomic mass is 16.2. The molecule has 0 spiro atoms. The van der Waals surface area contributed by atoms with Crippen LogP contribution in [0.3, 0.4) is 0 Å². The Balaban J connectivity index is 1.91. The Labute approximate surface area is 158 Å². The van der Waals surface area contributed by atoms with Gasteiger partial charge in [-0.15, -0.1) is 0 Å². The predicted molar refractivity (Wildman–Crippen MR) is 108 cm³/mol. The van der Waals surface area contributed by atoms with Gasteiger partial charge in [-0.1, -0.05) is 48.0 Å². The number of nitrogens with zero attached hydrogens (tertiary/aromatic N) is 2. The molecule has 5 heteroatoms. The summed E-state index contributed by atoms with van der Waals surface area (Å²) >= 11 is 0. The molecule has 0 saturated heterocycles. The Morgan fingerprint density at radius 1 is 1.00 bits per heavy atom. The van der Waals surface area contributed by atoms with Gasteiger partial charge in [-0.2, -0.15) is 5.10 Å². The van der Waals surface area contributed by atoms with Crippen molar-refractivity contribution in [3.63, 3.8) is 0 Å². The molecule has 1 aromatic heterocycles. The molecule has 138 valence electrons. The van der Waals surface area contributed by atoms with Crippen LogP contribution < -0.4 is 10.9 Å². The number of hydrogen-bond acceptors (Lipinski definition) is 3. The summed E-state index contributed by atoms with van der Waals surface area (Å²) in [6, 6.07) is 16.0. The van der Waals surface area contributed by atoms with Crippen molar-refractivity contribution < 1.29 is 4.79 Å². The van der Waals surface area contributed by atoms with E-state index in [0.29, 0.717) is 5.69 Å². The maximum Gasteiger partial charge on any atom is 0.267 e. The molecule has 1 heterocycles. The van der Waals surface area contributed by atoms with Crippen LogP contribution in [-0.4, -0.2) is 15.7 Å². The van der Waals surface area contributed by atoms with E-state index in [1.807, 2.05) is 63.2 Å². The molecule has 5 nitrogen and oxygen atoms in total. The molecule has 0 radical (unpaired) electrons. The summed E-state index contributed by atoms with van der Waals surface area (Å²) in [4.78, 5) is 25.1. The molecule has 3 rings (SSSR count). The number of rotatable bonds is 4. The van der Waals surface area contributed by atoms with Gasteiger partial charge in [0.2, 0.25) is 5.91 Å². The largest absolute Gasteiger partial charge is 0.324 e. The van der Waals surface area contributed by atoms with Crippen LogP contribution in [0.5, 0.6) is 0 Å². The van der Waals surface area contributed by atoms with Crippen molar-refractivity contribution in [1.29, 1.82) is 0 Å². The molecule has 0 unspecified atom stereocenters. The van der Waals surface area contributed by atoms with Gasteiger partial charge in [-0.05, 0) is 44.9 Å². The van der Waals surface area contributed by atoms with Gasteiger partial charge in [0.1, 0.15) is 6.04 Å². The van der Waals surface area contributed by atoms with Gasteiger partial charge in [0.25, 0.3) is 5.56 Å². The number of amides is 1. The van der Waals surface area contributed by atoms with Gasteiger partial charge >= 0.3 is 0 Å². The van der Waals surface area contributed by atoms with Crippen molar-refractivity contribution in [1.82, 2.24) is 9.78 Å². The molecule has 0 aliphatic rings. The zero-order valence-corrected chi connectivity index (χ0v) is 16.0. The van der Waals surface area contributed by atoms with E-state index in [-0.39, 0.29) is 11.5 Å². The first-order valence-corrected chi connectivity index (χ1v) is 8.91. The van der Waals surface area contributed by atoms with Gasteiger partial charge in [0.05, 0.1) is 5.69 Å². The van der Waals surface area contributed by atoms with Crippen molar-refractivity contribution >= 4 is 11.6 Å². The second kappa shape index (κ2) is 7.58. The summed E-state index contributed by atoms with van der Waals surface area (Å²) in [5, 5.41) is 7.36. The lowest BCUT2D eigenvalue weighted by Gasteiger charge is -2.18. The van der Waals surface area contributed by atoms with Crippen LogP contribution >= 0.6 is 0 Å². The van der Waals surface area contributed by atoms with Crippen molar-refractivity contribution in [3.8, 4) is 11.3 Å². The van der Waals surface area contributed by atoms with Crippen molar-refractivity contribution in [2.24, 2.45) is 0 Å². The SMILES string of the molecule is Cc1cc(C)c(NC(=O)[C@H](C)n2nc(-c3ccccc3)ccc2=O)c(C)c1. The smallest absolute Gasteiger partial charge is 0.267 e. The van der Waals surface area contributed by atoms with Gasteiger partial charge in [-0.3, -0.25) is 9.59 Å². The Bertz CT molecular complexity index is 1020. The van der Waals surface area contributed by atoms with Gasteiger partial charge in [0, 0.05) is 17.3 Å². The fourth-order valence-electron chi connectivity index (χ4n) is 3.18. The highest BCUT2D eigenvalue weighted by molar-refractivity contribution is 5.94. The zero-order chi connectivity index (χ0) is 19.6. The number of anilines is 1. The summed E-state index contributed by atoms with van der Waals surface area (Å²) in [6.07, 6.45) is 0. The predicted octanol–water partition coefficient (Wildman–Crippen LogP) is 4.04. The van der Waals surface area contributed by atoms with E-state index in [9.17, 15) is 9.59 Å². The highest BCUT2D eigenvalue weighted by Gasteiger charge is 2.19. The monoisotopic (exact) mass is 361 g/mol. The van der Waals surface area contributed by atoms with E-state index >= 15 is 0 Å². The van der Waals surface area contributed by atoms with Gasteiger partial charge in [-0.25, -0.2) is 4.68 Å². The first kappa shape index (κ1) is 18.6. The fraction of sp³-hybridized carbons (Fsp3) is 0.227. The van der Waals surface area contributed by atoms with Crippen molar-refractivity contribution in [2.75, 3.05) is 5.32 Å². The average molecular weight is 361 g/mol. The molecular weight excluding hydrogens is 338 g/mol. The third-order valence-corrected chi connectivity index (χ3v) is 4.57. The Morgan fingerprint density at radius 2 is 1.63 bits per heavy atom. The Hall–Kier alpha value is -3.21.